The second kappa shape index (κ2) is 16.0. The largest absolute Gasteiger partial charge is 0.355 e. The van der Waals surface area contributed by atoms with Gasteiger partial charge in [-0.15, -0.1) is 0 Å². The molecule has 0 saturated carbocycles. The van der Waals surface area contributed by atoms with Gasteiger partial charge in [0.25, 0.3) is 0 Å². The molecule has 0 aliphatic carbocycles. The predicted octanol–water partition coefficient (Wildman–Crippen LogP) is -0.00320. The Bertz CT molecular complexity index is 816. The summed E-state index contributed by atoms with van der Waals surface area (Å²) in [5, 5.41) is 16.2. The van der Waals surface area contributed by atoms with Crippen molar-refractivity contribution in [3.05, 3.63) is 59.9 Å². The molecule has 1 aromatic rings. The normalized spacial score (nSPS) is 18.2. The summed E-state index contributed by atoms with van der Waals surface area (Å²) in [5.74, 6) is -0.153. The van der Waals surface area contributed by atoms with Gasteiger partial charge >= 0.3 is 0 Å². The monoisotopic (exact) mass is 483 g/mol. The number of hydrogen-bond donors (Lipinski definition) is 5. The minimum absolute atomic E-state index is 0.0368. The first-order valence-corrected chi connectivity index (χ1v) is 12.8. The molecule has 2 amide bonds. The molecule has 2 aliphatic rings. The van der Waals surface area contributed by atoms with E-state index in [0.717, 1.165) is 65.4 Å². The van der Waals surface area contributed by atoms with Crippen molar-refractivity contribution in [2.24, 2.45) is 0 Å². The number of carbonyl (C=O) groups is 2. The molecule has 9 heteroatoms. The van der Waals surface area contributed by atoms with Crippen LogP contribution in [0.2, 0.25) is 0 Å². The Kier molecular flexibility index (Phi) is 12.3. The summed E-state index contributed by atoms with van der Waals surface area (Å²) in [4.78, 5) is 29.2. The second-order valence-corrected chi connectivity index (χ2v) is 8.85. The molecule has 1 fully saturated rings. The van der Waals surface area contributed by atoms with Crippen LogP contribution in [-0.4, -0.2) is 93.6 Å². The fraction of sp³-hybridized carbons (Fsp3) is 0.538. The van der Waals surface area contributed by atoms with E-state index in [1.54, 1.807) is 0 Å². The van der Waals surface area contributed by atoms with Crippen molar-refractivity contribution in [3.8, 4) is 0 Å². The number of nitrogens with zero attached hydrogens (tertiary/aromatic N) is 2. The maximum atomic E-state index is 12.6. The highest BCUT2D eigenvalue weighted by Crippen LogP contribution is 2.15. The van der Waals surface area contributed by atoms with Crippen LogP contribution in [-0.2, 0) is 16.1 Å². The Morgan fingerprint density at radius 2 is 1.54 bits per heavy atom. The smallest absolute Gasteiger partial charge is 0.249 e. The SMILES string of the molecule is O=C(CCNC(=O)C1=CN(Cc2ccccc2)C=CC1)NCCN1CCNCCNCCNCC1. The molecule has 1 aromatic carbocycles. The zero-order chi connectivity index (χ0) is 24.6. The summed E-state index contributed by atoms with van der Waals surface area (Å²) in [6.07, 6.45) is 6.75. The number of rotatable bonds is 9. The zero-order valence-electron chi connectivity index (χ0n) is 20.7. The van der Waals surface area contributed by atoms with Crippen LogP contribution in [0, 0.1) is 0 Å². The predicted molar refractivity (Wildman–Crippen MR) is 140 cm³/mol. The first-order valence-electron chi connectivity index (χ1n) is 12.8. The van der Waals surface area contributed by atoms with Gasteiger partial charge in [-0.2, -0.15) is 0 Å². The van der Waals surface area contributed by atoms with E-state index >= 15 is 0 Å². The van der Waals surface area contributed by atoms with Crippen molar-refractivity contribution >= 4 is 11.8 Å². The van der Waals surface area contributed by atoms with Gasteiger partial charge in [-0.1, -0.05) is 36.4 Å². The van der Waals surface area contributed by atoms with Gasteiger partial charge in [0.1, 0.15) is 0 Å². The van der Waals surface area contributed by atoms with Crippen LogP contribution >= 0.6 is 0 Å². The first kappa shape index (κ1) is 26.9. The summed E-state index contributed by atoms with van der Waals surface area (Å²) >= 11 is 0. The molecule has 5 N–H and O–H groups in total. The summed E-state index contributed by atoms with van der Waals surface area (Å²) in [6, 6.07) is 10.2. The summed E-state index contributed by atoms with van der Waals surface area (Å²) in [6.45, 7) is 10.2. The molecule has 0 bridgehead atoms. The lowest BCUT2D eigenvalue weighted by molar-refractivity contribution is -0.121. The number of nitrogens with one attached hydrogen (secondary N) is 5. The highest BCUT2D eigenvalue weighted by Gasteiger charge is 2.14. The van der Waals surface area contributed by atoms with Gasteiger partial charge in [-0.25, -0.2) is 0 Å². The van der Waals surface area contributed by atoms with Crippen LogP contribution in [0.15, 0.2) is 54.4 Å². The lowest BCUT2D eigenvalue weighted by Crippen LogP contribution is -2.44. The zero-order valence-corrected chi connectivity index (χ0v) is 20.7. The third-order valence-corrected chi connectivity index (χ3v) is 6.01. The van der Waals surface area contributed by atoms with Crippen LogP contribution in [0.4, 0.5) is 0 Å². The Balaban J connectivity index is 1.31. The van der Waals surface area contributed by atoms with Crippen LogP contribution in [0.25, 0.3) is 0 Å². The molecule has 3 rings (SSSR count). The highest BCUT2D eigenvalue weighted by atomic mass is 16.2. The van der Waals surface area contributed by atoms with Crippen molar-refractivity contribution in [1.82, 2.24) is 36.4 Å². The van der Waals surface area contributed by atoms with E-state index in [1.165, 1.54) is 5.56 Å². The van der Waals surface area contributed by atoms with Crippen molar-refractivity contribution in [3.63, 3.8) is 0 Å². The van der Waals surface area contributed by atoms with E-state index in [2.05, 4.69) is 43.6 Å². The minimum atomic E-state index is -0.116. The molecular weight excluding hydrogens is 442 g/mol. The average molecular weight is 484 g/mol. The molecule has 35 heavy (non-hydrogen) atoms. The fourth-order valence-electron chi connectivity index (χ4n) is 4.04. The fourth-order valence-corrected chi connectivity index (χ4v) is 4.04. The van der Waals surface area contributed by atoms with Crippen molar-refractivity contribution in [2.45, 2.75) is 19.4 Å². The molecule has 9 nitrogen and oxygen atoms in total. The Morgan fingerprint density at radius 1 is 0.857 bits per heavy atom. The molecule has 0 aromatic heterocycles. The van der Waals surface area contributed by atoms with Crippen LogP contribution in [0.5, 0.6) is 0 Å². The third kappa shape index (κ3) is 11.0. The molecular formula is C26H41N7O2. The van der Waals surface area contributed by atoms with E-state index < -0.39 is 0 Å². The van der Waals surface area contributed by atoms with E-state index in [9.17, 15) is 9.59 Å². The van der Waals surface area contributed by atoms with E-state index in [1.807, 2.05) is 41.6 Å². The van der Waals surface area contributed by atoms with Gasteiger partial charge in [0, 0.05) is 103 Å². The summed E-state index contributed by atoms with van der Waals surface area (Å²) in [5.41, 5.74) is 1.89. The number of hydrogen-bond acceptors (Lipinski definition) is 7. The van der Waals surface area contributed by atoms with Gasteiger partial charge in [0.15, 0.2) is 0 Å². The van der Waals surface area contributed by atoms with Crippen LogP contribution in [0.3, 0.4) is 0 Å². The van der Waals surface area contributed by atoms with Gasteiger partial charge in [0.2, 0.25) is 11.8 Å². The maximum absolute atomic E-state index is 12.6. The minimum Gasteiger partial charge on any atom is -0.355 e. The lowest BCUT2D eigenvalue weighted by atomic mass is 10.1. The van der Waals surface area contributed by atoms with Crippen molar-refractivity contribution < 1.29 is 9.59 Å². The van der Waals surface area contributed by atoms with Crippen LogP contribution < -0.4 is 26.6 Å². The molecule has 2 aliphatic heterocycles. The van der Waals surface area contributed by atoms with E-state index in [-0.39, 0.29) is 18.2 Å². The van der Waals surface area contributed by atoms with Gasteiger partial charge < -0.3 is 31.5 Å². The Morgan fingerprint density at radius 3 is 2.26 bits per heavy atom. The molecule has 0 radical (unpaired) electrons. The molecule has 192 valence electrons. The van der Waals surface area contributed by atoms with Gasteiger partial charge in [-0.05, 0) is 12.0 Å². The maximum Gasteiger partial charge on any atom is 0.249 e. The standard InChI is InChI=1S/C26H41N7O2/c34-25(30-16-20-32-18-14-28-12-10-27-11-13-29-15-19-32)8-9-31-26(35)24-7-4-17-33(22-24)21-23-5-2-1-3-6-23/h1-6,17,22,27-29H,7-16,18-21H2,(H,30,34)(H,31,35). The number of allylic oxidation sites excluding steroid dienone is 1. The molecule has 0 atom stereocenters. The second-order valence-electron chi connectivity index (χ2n) is 8.85. The quantitative estimate of drug-likeness (QED) is 0.337. The van der Waals surface area contributed by atoms with E-state index in [0.29, 0.717) is 25.1 Å². The molecule has 0 spiro atoms. The third-order valence-electron chi connectivity index (χ3n) is 6.01. The highest BCUT2D eigenvalue weighted by molar-refractivity contribution is 5.94. The van der Waals surface area contributed by atoms with Gasteiger partial charge in [0.05, 0.1) is 0 Å². The van der Waals surface area contributed by atoms with Gasteiger partial charge in [-0.3, -0.25) is 14.5 Å². The summed E-state index contributed by atoms with van der Waals surface area (Å²) in [7, 11) is 0. The number of benzene rings is 1. The van der Waals surface area contributed by atoms with Crippen LogP contribution in [0.1, 0.15) is 18.4 Å². The molecule has 2 heterocycles. The lowest BCUT2D eigenvalue weighted by Gasteiger charge is -2.23. The average Bonchev–Trinajstić information content (AvgIpc) is 2.86. The first-order chi connectivity index (χ1) is 17.2. The molecule has 0 unspecified atom stereocenters. The Labute approximate surface area is 209 Å². The number of amides is 2. The summed E-state index contributed by atoms with van der Waals surface area (Å²) < 4.78 is 0. The Hall–Kier alpha value is -2.72. The van der Waals surface area contributed by atoms with Crippen molar-refractivity contribution in [2.75, 3.05) is 72.0 Å². The van der Waals surface area contributed by atoms with E-state index in [4.69, 9.17) is 0 Å². The topological polar surface area (TPSA) is 101 Å². The number of carbonyl (C=O) groups excluding carboxylic acids is 2. The van der Waals surface area contributed by atoms with Crippen molar-refractivity contribution in [1.29, 1.82) is 0 Å². The molecule has 1 saturated heterocycles.